The first-order valence-electron chi connectivity index (χ1n) is 7.29. The van der Waals surface area contributed by atoms with Gasteiger partial charge in [0.05, 0.1) is 6.04 Å². The summed E-state index contributed by atoms with van der Waals surface area (Å²) < 4.78 is 0. The fraction of sp³-hybridized carbons (Fsp3) is 0.562. The summed E-state index contributed by atoms with van der Waals surface area (Å²) in [7, 11) is 0. The van der Waals surface area contributed by atoms with Gasteiger partial charge in [0.2, 0.25) is 5.91 Å². The third-order valence-electron chi connectivity index (χ3n) is 3.82. The van der Waals surface area contributed by atoms with Gasteiger partial charge in [-0.25, -0.2) is 0 Å². The van der Waals surface area contributed by atoms with Crippen LogP contribution in [0.5, 0.6) is 0 Å². The van der Waals surface area contributed by atoms with E-state index in [1.807, 2.05) is 32.9 Å². The third kappa shape index (κ3) is 3.51. The van der Waals surface area contributed by atoms with Gasteiger partial charge in [-0.05, 0) is 42.5 Å². The lowest BCUT2D eigenvalue weighted by Gasteiger charge is -2.26. The number of nitrogens with one attached hydrogen (secondary N) is 1. The molecule has 4 heteroatoms. The minimum absolute atomic E-state index is 0.133. The van der Waals surface area contributed by atoms with Crippen molar-refractivity contribution in [3.8, 4) is 0 Å². The fourth-order valence-electron chi connectivity index (χ4n) is 2.34. The molecule has 1 fully saturated rings. The molecule has 1 unspecified atom stereocenters. The molecule has 0 aromatic heterocycles. The Kier molecular flexibility index (Phi) is 4.33. The molecule has 1 aromatic carbocycles. The van der Waals surface area contributed by atoms with E-state index in [0.29, 0.717) is 0 Å². The number of hydrogen-bond acceptors (Lipinski definition) is 3. The average molecular weight is 275 g/mol. The van der Waals surface area contributed by atoms with Crippen LogP contribution in [0, 0.1) is 5.41 Å². The predicted octanol–water partition coefficient (Wildman–Crippen LogP) is 2.60. The van der Waals surface area contributed by atoms with Crippen LogP contribution in [0.2, 0.25) is 0 Å². The number of nitrogens with two attached hydrogens (primary N) is 1. The molecule has 0 saturated carbocycles. The highest BCUT2D eigenvalue weighted by atomic mass is 16.2. The Bertz CT molecular complexity index is 456. The van der Waals surface area contributed by atoms with E-state index in [1.165, 1.54) is 18.5 Å². The zero-order chi connectivity index (χ0) is 14.8. The van der Waals surface area contributed by atoms with Crippen molar-refractivity contribution in [3.63, 3.8) is 0 Å². The van der Waals surface area contributed by atoms with Gasteiger partial charge in [-0.3, -0.25) is 4.79 Å². The molecule has 20 heavy (non-hydrogen) atoms. The van der Waals surface area contributed by atoms with E-state index in [0.717, 1.165) is 18.8 Å². The van der Waals surface area contributed by atoms with E-state index in [1.54, 1.807) is 0 Å². The zero-order valence-corrected chi connectivity index (χ0v) is 12.6. The van der Waals surface area contributed by atoms with Crippen molar-refractivity contribution in [1.29, 1.82) is 0 Å². The van der Waals surface area contributed by atoms with Crippen LogP contribution in [0.3, 0.4) is 0 Å². The first-order chi connectivity index (χ1) is 9.38. The number of amides is 1. The van der Waals surface area contributed by atoms with E-state index < -0.39 is 6.04 Å². The normalized spacial score (nSPS) is 17.1. The fourth-order valence-corrected chi connectivity index (χ4v) is 2.34. The Balaban J connectivity index is 1.98. The Morgan fingerprint density at radius 2 is 1.75 bits per heavy atom. The third-order valence-corrected chi connectivity index (χ3v) is 3.82. The van der Waals surface area contributed by atoms with Crippen molar-refractivity contribution < 1.29 is 4.79 Å². The molecule has 1 amide bonds. The second-order valence-corrected chi connectivity index (χ2v) is 6.57. The largest absolute Gasteiger partial charge is 0.372 e. The Morgan fingerprint density at radius 1 is 1.20 bits per heavy atom. The van der Waals surface area contributed by atoms with Gasteiger partial charge in [-0.15, -0.1) is 0 Å². The molecule has 4 nitrogen and oxygen atoms in total. The Hall–Kier alpha value is -1.55. The van der Waals surface area contributed by atoms with Gasteiger partial charge in [-0.2, -0.15) is 0 Å². The number of carbonyl (C=O) groups excluding carboxylic acids is 1. The monoisotopic (exact) mass is 275 g/mol. The van der Waals surface area contributed by atoms with Crippen LogP contribution in [0.25, 0.3) is 0 Å². The van der Waals surface area contributed by atoms with Gasteiger partial charge in [0.1, 0.15) is 0 Å². The van der Waals surface area contributed by atoms with Gasteiger partial charge in [0.25, 0.3) is 0 Å². The Morgan fingerprint density at radius 3 is 2.25 bits per heavy atom. The van der Waals surface area contributed by atoms with Crippen molar-refractivity contribution in [2.45, 2.75) is 39.7 Å². The molecule has 0 spiro atoms. The van der Waals surface area contributed by atoms with Gasteiger partial charge in [0, 0.05) is 24.5 Å². The highest BCUT2D eigenvalue weighted by molar-refractivity contribution is 5.95. The number of hydrogen-bond donors (Lipinski definition) is 2. The molecule has 110 valence electrons. The molecule has 0 radical (unpaired) electrons. The molecule has 0 bridgehead atoms. The molecule has 1 aliphatic heterocycles. The molecule has 1 heterocycles. The number of rotatable bonds is 3. The van der Waals surface area contributed by atoms with Crippen molar-refractivity contribution in [1.82, 2.24) is 0 Å². The highest BCUT2D eigenvalue weighted by Gasteiger charge is 2.27. The Labute approximate surface area is 121 Å². The summed E-state index contributed by atoms with van der Waals surface area (Å²) >= 11 is 0. The standard InChI is InChI=1S/C16H25N3O/c1-16(2,3)14(17)15(20)18-12-6-8-13(9-7-12)19-10-4-5-11-19/h6-9,14H,4-5,10-11,17H2,1-3H3,(H,18,20). The van der Waals surface area contributed by atoms with E-state index in [4.69, 9.17) is 5.73 Å². The topological polar surface area (TPSA) is 58.4 Å². The number of anilines is 2. The lowest BCUT2D eigenvalue weighted by molar-refractivity contribution is -0.119. The summed E-state index contributed by atoms with van der Waals surface area (Å²) in [6, 6.07) is 7.50. The summed E-state index contributed by atoms with van der Waals surface area (Å²) in [6.45, 7) is 8.15. The number of benzene rings is 1. The summed E-state index contributed by atoms with van der Waals surface area (Å²) in [5.41, 5.74) is 7.74. The summed E-state index contributed by atoms with van der Waals surface area (Å²) in [5, 5.41) is 2.88. The second-order valence-electron chi connectivity index (χ2n) is 6.57. The van der Waals surface area contributed by atoms with Crippen molar-refractivity contribution in [2.75, 3.05) is 23.3 Å². The number of carbonyl (C=O) groups is 1. The van der Waals surface area contributed by atoms with Gasteiger partial charge >= 0.3 is 0 Å². The lowest BCUT2D eigenvalue weighted by atomic mass is 9.87. The van der Waals surface area contributed by atoms with E-state index in [9.17, 15) is 4.79 Å². The maximum Gasteiger partial charge on any atom is 0.241 e. The average Bonchev–Trinajstić information content (AvgIpc) is 2.91. The molecule has 0 aliphatic carbocycles. The van der Waals surface area contributed by atoms with E-state index >= 15 is 0 Å². The maximum absolute atomic E-state index is 12.1. The van der Waals surface area contributed by atoms with E-state index in [2.05, 4.69) is 22.3 Å². The summed E-state index contributed by atoms with van der Waals surface area (Å²) in [5.74, 6) is -0.133. The zero-order valence-electron chi connectivity index (χ0n) is 12.6. The van der Waals surface area contributed by atoms with Crippen LogP contribution in [0.4, 0.5) is 11.4 Å². The molecule has 1 aromatic rings. The first-order valence-corrected chi connectivity index (χ1v) is 7.29. The molecule has 1 aliphatic rings. The predicted molar refractivity (Wildman–Crippen MR) is 83.9 cm³/mol. The minimum Gasteiger partial charge on any atom is -0.372 e. The molecule has 3 N–H and O–H groups in total. The molecule has 1 saturated heterocycles. The SMILES string of the molecule is CC(C)(C)C(N)C(=O)Nc1ccc(N2CCCC2)cc1. The summed E-state index contributed by atoms with van der Waals surface area (Å²) in [6.07, 6.45) is 2.53. The highest BCUT2D eigenvalue weighted by Crippen LogP contribution is 2.23. The maximum atomic E-state index is 12.1. The number of nitrogens with zero attached hydrogens (tertiary/aromatic N) is 1. The van der Waals surface area contributed by atoms with Crippen molar-refractivity contribution in [2.24, 2.45) is 11.1 Å². The van der Waals surface area contributed by atoms with Crippen LogP contribution in [0.1, 0.15) is 33.6 Å². The lowest BCUT2D eigenvalue weighted by Crippen LogP contribution is -2.45. The smallest absolute Gasteiger partial charge is 0.241 e. The van der Waals surface area contributed by atoms with Crippen LogP contribution >= 0.6 is 0 Å². The first kappa shape index (κ1) is 14.9. The van der Waals surface area contributed by atoms with Crippen LogP contribution < -0.4 is 16.0 Å². The van der Waals surface area contributed by atoms with Crippen molar-refractivity contribution >= 4 is 17.3 Å². The van der Waals surface area contributed by atoms with Gasteiger partial charge in [0.15, 0.2) is 0 Å². The molecule has 1 atom stereocenters. The van der Waals surface area contributed by atoms with E-state index in [-0.39, 0.29) is 11.3 Å². The molecular weight excluding hydrogens is 250 g/mol. The summed E-state index contributed by atoms with van der Waals surface area (Å²) in [4.78, 5) is 14.4. The van der Waals surface area contributed by atoms with Gasteiger partial charge in [-0.1, -0.05) is 20.8 Å². The second kappa shape index (κ2) is 5.83. The van der Waals surface area contributed by atoms with Crippen LogP contribution in [-0.4, -0.2) is 25.0 Å². The van der Waals surface area contributed by atoms with Crippen LogP contribution in [0.15, 0.2) is 24.3 Å². The van der Waals surface area contributed by atoms with Crippen LogP contribution in [-0.2, 0) is 4.79 Å². The molecule has 2 rings (SSSR count). The van der Waals surface area contributed by atoms with Crippen molar-refractivity contribution in [3.05, 3.63) is 24.3 Å². The quantitative estimate of drug-likeness (QED) is 0.891. The van der Waals surface area contributed by atoms with Gasteiger partial charge < -0.3 is 16.0 Å². The minimum atomic E-state index is -0.513. The molecular formula is C16H25N3O.